The van der Waals surface area contributed by atoms with Gasteiger partial charge in [0.15, 0.2) is 0 Å². The number of benzene rings is 1. The normalized spacial score (nSPS) is 10.7. The zero-order chi connectivity index (χ0) is 13.4. The molecule has 1 aromatic carbocycles. The molecule has 0 spiro atoms. The van der Waals surface area contributed by atoms with Crippen LogP contribution in [0.25, 0.3) is 0 Å². The van der Waals surface area contributed by atoms with Gasteiger partial charge in [0, 0.05) is 5.56 Å². The average molecular weight is 271 g/mol. The van der Waals surface area contributed by atoms with Crippen LogP contribution in [-0.4, -0.2) is 48.0 Å². The minimum atomic E-state index is -0.345. The number of carbonyl (C=O) groups excluding carboxylic acids is 1. The zero-order valence-corrected chi connectivity index (χ0v) is 11.3. The number of ether oxygens (including phenoxy) is 1. The summed E-state index contributed by atoms with van der Waals surface area (Å²) in [5.41, 5.74) is 1.47. The van der Waals surface area contributed by atoms with Crippen LogP contribution in [0, 0.1) is 0 Å². The highest BCUT2D eigenvalue weighted by atomic mass is 32.2. The van der Waals surface area contributed by atoms with Crippen molar-refractivity contribution in [2.75, 3.05) is 31.8 Å². The summed E-state index contributed by atoms with van der Waals surface area (Å²) in [6, 6.07) is 7.30. The van der Waals surface area contributed by atoms with E-state index in [4.69, 9.17) is 14.9 Å². The van der Waals surface area contributed by atoms with Gasteiger partial charge >= 0.3 is 5.97 Å². The Labute approximate surface area is 110 Å². The summed E-state index contributed by atoms with van der Waals surface area (Å²) in [7, 11) is 1.25. The molecule has 0 atom stereocenters. The van der Waals surface area contributed by atoms with Crippen LogP contribution < -0.4 is 0 Å². The smallest absolute Gasteiger partial charge is 0.338 e. The Morgan fingerprint density at radius 1 is 1.22 bits per heavy atom. The fraction of sp³-hybridized carbons (Fsp3) is 0.462. The van der Waals surface area contributed by atoms with Crippen molar-refractivity contribution in [2.24, 2.45) is 0 Å². The molecule has 0 fully saturated rings. The third-order valence-corrected chi connectivity index (χ3v) is 4.78. The lowest BCUT2D eigenvalue weighted by Gasteiger charge is -2.09. The number of esters is 1. The van der Waals surface area contributed by atoms with Crippen molar-refractivity contribution in [3.05, 3.63) is 35.4 Å². The van der Waals surface area contributed by atoms with Crippen LogP contribution in [0.1, 0.15) is 15.9 Å². The molecule has 0 saturated heterocycles. The van der Waals surface area contributed by atoms with Crippen molar-refractivity contribution < 1.29 is 19.7 Å². The molecule has 4 nitrogen and oxygen atoms in total. The molecule has 0 aromatic heterocycles. The first-order valence-electron chi connectivity index (χ1n) is 5.75. The third-order valence-electron chi connectivity index (χ3n) is 2.54. The largest absolute Gasteiger partial charge is 0.465 e. The zero-order valence-electron chi connectivity index (χ0n) is 10.5. The van der Waals surface area contributed by atoms with E-state index in [1.807, 2.05) is 12.1 Å². The van der Waals surface area contributed by atoms with Gasteiger partial charge in [0.25, 0.3) is 0 Å². The van der Waals surface area contributed by atoms with Gasteiger partial charge in [-0.2, -0.15) is 0 Å². The third kappa shape index (κ3) is 4.33. The molecule has 0 aliphatic rings. The molecule has 0 unspecified atom stereocenters. The standard InChI is InChI=1S/C13H19O4S/c1-17-13(16)12-5-3-2-4-11(12)10-18(8-6-14)9-7-15/h2-5,14-15H,6-10H2,1H3/q+1. The van der Waals surface area contributed by atoms with Gasteiger partial charge in [0.05, 0.1) is 25.9 Å². The molecule has 1 aromatic rings. The maximum absolute atomic E-state index is 11.6. The number of aliphatic hydroxyl groups excluding tert-OH is 2. The van der Waals surface area contributed by atoms with Crippen molar-refractivity contribution >= 4 is 16.9 Å². The highest BCUT2D eigenvalue weighted by Crippen LogP contribution is 2.15. The van der Waals surface area contributed by atoms with Gasteiger partial charge in [-0.1, -0.05) is 18.2 Å². The Hall–Kier alpha value is -1.04. The summed E-state index contributed by atoms with van der Waals surface area (Å²) in [6.45, 7) is 0.201. The maximum Gasteiger partial charge on any atom is 0.338 e. The van der Waals surface area contributed by atoms with E-state index < -0.39 is 0 Å². The average Bonchev–Trinajstić information content (AvgIpc) is 2.39. The van der Waals surface area contributed by atoms with E-state index in [0.29, 0.717) is 22.8 Å². The molecule has 0 aliphatic heterocycles. The number of hydrogen-bond donors (Lipinski definition) is 2. The number of rotatable bonds is 7. The highest BCUT2D eigenvalue weighted by molar-refractivity contribution is 7.96. The van der Waals surface area contributed by atoms with Gasteiger partial charge in [-0.05, 0) is 17.0 Å². The minimum Gasteiger partial charge on any atom is -0.465 e. The quantitative estimate of drug-likeness (QED) is 0.562. The summed E-state index contributed by atoms with van der Waals surface area (Å²) in [6.07, 6.45) is 0. The molecular weight excluding hydrogens is 252 g/mol. The first kappa shape index (κ1) is 15.0. The van der Waals surface area contributed by atoms with Crippen LogP contribution in [0.2, 0.25) is 0 Å². The van der Waals surface area contributed by atoms with Crippen LogP contribution in [0.5, 0.6) is 0 Å². The predicted octanol–water partition coefficient (Wildman–Crippen LogP) is 0.576. The first-order valence-corrected chi connectivity index (χ1v) is 7.48. The lowest BCUT2D eigenvalue weighted by molar-refractivity contribution is 0.0600. The van der Waals surface area contributed by atoms with Gasteiger partial charge in [-0.25, -0.2) is 4.79 Å². The number of aliphatic hydroxyl groups is 2. The second-order valence-electron chi connectivity index (χ2n) is 3.76. The van der Waals surface area contributed by atoms with E-state index in [9.17, 15) is 4.79 Å². The van der Waals surface area contributed by atoms with E-state index in [-0.39, 0.29) is 30.1 Å². The van der Waals surface area contributed by atoms with Gasteiger partial charge < -0.3 is 14.9 Å². The first-order chi connectivity index (χ1) is 8.72. The summed E-state index contributed by atoms with van der Waals surface area (Å²) < 4.78 is 4.74. The summed E-state index contributed by atoms with van der Waals surface area (Å²) in [4.78, 5) is 11.6. The van der Waals surface area contributed by atoms with Gasteiger partial charge in [-0.3, -0.25) is 0 Å². The monoisotopic (exact) mass is 271 g/mol. The maximum atomic E-state index is 11.6. The molecule has 0 saturated carbocycles. The molecule has 0 radical (unpaired) electrons. The van der Waals surface area contributed by atoms with E-state index in [1.165, 1.54) is 7.11 Å². The number of hydrogen-bond acceptors (Lipinski definition) is 4. The van der Waals surface area contributed by atoms with Crippen LogP contribution in [0.4, 0.5) is 0 Å². The molecule has 100 valence electrons. The molecule has 1 rings (SSSR count). The van der Waals surface area contributed by atoms with E-state index in [0.717, 1.165) is 5.56 Å². The van der Waals surface area contributed by atoms with Crippen LogP contribution >= 0.6 is 0 Å². The van der Waals surface area contributed by atoms with Crippen LogP contribution in [-0.2, 0) is 21.4 Å². The molecular formula is C13H19O4S+. The van der Waals surface area contributed by atoms with E-state index in [2.05, 4.69) is 0 Å². The van der Waals surface area contributed by atoms with Crippen LogP contribution in [0.3, 0.4) is 0 Å². The van der Waals surface area contributed by atoms with Crippen molar-refractivity contribution in [2.45, 2.75) is 5.75 Å². The number of carbonyl (C=O) groups is 1. The van der Waals surface area contributed by atoms with Crippen molar-refractivity contribution in [3.8, 4) is 0 Å². The van der Waals surface area contributed by atoms with Gasteiger partial charge in [-0.15, -0.1) is 0 Å². The lowest BCUT2D eigenvalue weighted by Crippen LogP contribution is -2.21. The second-order valence-corrected chi connectivity index (χ2v) is 6.09. The molecule has 0 amide bonds. The van der Waals surface area contributed by atoms with Crippen LogP contribution in [0.15, 0.2) is 24.3 Å². The van der Waals surface area contributed by atoms with Crippen molar-refractivity contribution in [3.63, 3.8) is 0 Å². The topological polar surface area (TPSA) is 66.8 Å². The van der Waals surface area contributed by atoms with E-state index >= 15 is 0 Å². The minimum absolute atomic E-state index is 0.101. The van der Waals surface area contributed by atoms with Crippen molar-refractivity contribution in [1.29, 1.82) is 0 Å². The van der Waals surface area contributed by atoms with Crippen molar-refractivity contribution in [1.82, 2.24) is 0 Å². The Balaban J connectivity index is 2.84. The Morgan fingerprint density at radius 2 is 1.83 bits per heavy atom. The molecule has 18 heavy (non-hydrogen) atoms. The summed E-state index contributed by atoms with van der Waals surface area (Å²) >= 11 is 0. The molecule has 0 heterocycles. The SMILES string of the molecule is COC(=O)c1ccccc1C[S+](CCO)CCO. The molecule has 0 bridgehead atoms. The summed E-state index contributed by atoms with van der Waals surface area (Å²) in [5, 5.41) is 18.0. The van der Waals surface area contributed by atoms with Gasteiger partial charge in [0.2, 0.25) is 0 Å². The Kier molecular flexibility index (Phi) is 6.78. The fourth-order valence-electron chi connectivity index (χ4n) is 1.68. The Bertz CT molecular complexity index is 375. The number of methoxy groups -OCH3 is 1. The highest BCUT2D eigenvalue weighted by Gasteiger charge is 2.21. The van der Waals surface area contributed by atoms with Gasteiger partial charge in [0.1, 0.15) is 17.3 Å². The fourth-order valence-corrected chi connectivity index (χ4v) is 3.38. The second kappa shape index (κ2) is 8.13. The van der Waals surface area contributed by atoms with E-state index in [1.54, 1.807) is 12.1 Å². The predicted molar refractivity (Wildman–Crippen MR) is 72.8 cm³/mol. The molecule has 0 aliphatic carbocycles. The molecule has 2 N–H and O–H groups in total. The summed E-state index contributed by atoms with van der Waals surface area (Å²) in [5.74, 6) is 1.64. The Morgan fingerprint density at radius 3 is 2.39 bits per heavy atom. The lowest BCUT2D eigenvalue weighted by atomic mass is 10.1. The molecule has 5 heteroatoms.